The molecule has 1 aliphatic carbocycles. The molecular formula is C15H13NO2. The zero-order valence-electron chi connectivity index (χ0n) is 10.1. The zero-order chi connectivity index (χ0) is 12.5. The van der Waals surface area contributed by atoms with Gasteiger partial charge in [0.05, 0.1) is 19.2 Å². The van der Waals surface area contributed by atoms with Crippen LogP contribution >= 0.6 is 0 Å². The molecule has 0 saturated heterocycles. The summed E-state index contributed by atoms with van der Waals surface area (Å²) in [6.45, 7) is 0. The van der Waals surface area contributed by atoms with E-state index in [0.717, 1.165) is 12.0 Å². The van der Waals surface area contributed by atoms with Gasteiger partial charge in [0.25, 0.3) is 0 Å². The van der Waals surface area contributed by atoms with E-state index in [2.05, 4.69) is 11.1 Å². The van der Waals surface area contributed by atoms with E-state index in [1.807, 2.05) is 18.2 Å². The summed E-state index contributed by atoms with van der Waals surface area (Å²) < 4.78 is 5.09. The van der Waals surface area contributed by atoms with E-state index < -0.39 is 0 Å². The molecule has 1 aliphatic rings. The number of pyridine rings is 1. The van der Waals surface area contributed by atoms with Crippen LogP contribution in [-0.2, 0) is 6.42 Å². The van der Waals surface area contributed by atoms with Gasteiger partial charge in [-0.05, 0) is 23.6 Å². The van der Waals surface area contributed by atoms with Crippen molar-refractivity contribution in [2.75, 3.05) is 7.11 Å². The van der Waals surface area contributed by atoms with Gasteiger partial charge in [-0.15, -0.1) is 0 Å². The van der Waals surface area contributed by atoms with Gasteiger partial charge in [0.15, 0.2) is 5.78 Å². The maximum absolute atomic E-state index is 12.4. The van der Waals surface area contributed by atoms with E-state index in [4.69, 9.17) is 4.74 Å². The largest absolute Gasteiger partial charge is 0.495 e. The first-order valence-electron chi connectivity index (χ1n) is 5.90. The molecular weight excluding hydrogens is 226 g/mol. The molecule has 0 bridgehead atoms. The molecule has 3 heteroatoms. The minimum atomic E-state index is -0.0184. The van der Waals surface area contributed by atoms with Gasteiger partial charge in [0.1, 0.15) is 5.75 Å². The van der Waals surface area contributed by atoms with Gasteiger partial charge in [0, 0.05) is 11.8 Å². The number of methoxy groups -OCH3 is 1. The van der Waals surface area contributed by atoms with Crippen LogP contribution in [0.2, 0.25) is 0 Å². The van der Waals surface area contributed by atoms with Crippen molar-refractivity contribution < 1.29 is 9.53 Å². The SMILES string of the molecule is COc1cncc(C(=O)C2Cc3ccccc32)c1. The number of benzene rings is 1. The maximum Gasteiger partial charge on any atom is 0.172 e. The number of rotatable bonds is 3. The lowest BCUT2D eigenvalue weighted by atomic mass is 9.74. The highest BCUT2D eigenvalue weighted by atomic mass is 16.5. The molecule has 0 spiro atoms. The fourth-order valence-electron chi connectivity index (χ4n) is 2.36. The lowest BCUT2D eigenvalue weighted by Crippen LogP contribution is -2.25. The minimum Gasteiger partial charge on any atom is -0.495 e. The monoisotopic (exact) mass is 239 g/mol. The summed E-state index contributed by atoms with van der Waals surface area (Å²) in [4.78, 5) is 16.4. The molecule has 18 heavy (non-hydrogen) atoms. The number of ketones is 1. The molecule has 1 heterocycles. The fourth-order valence-corrected chi connectivity index (χ4v) is 2.36. The first kappa shape index (κ1) is 11.0. The smallest absolute Gasteiger partial charge is 0.172 e. The third-order valence-corrected chi connectivity index (χ3v) is 3.40. The summed E-state index contributed by atoms with van der Waals surface area (Å²) in [5, 5.41) is 0. The van der Waals surface area contributed by atoms with Gasteiger partial charge in [-0.3, -0.25) is 9.78 Å². The number of carbonyl (C=O) groups is 1. The van der Waals surface area contributed by atoms with Crippen molar-refractivity contribution in [3.05, 3.63) is 59.4 Å². The third kappa shape index (κ3) is 1.68. The first-order chi connectivity index (χ1) is 8.79. The Kier molecular flexibility index (Phi) is 2.59. The van der Waals surface area contributed by atoms with Gasteiger partial charge in [-0.2, -0.15) is 0 Å². The van der Waals surface area contributed by atoms with Crippen LogP contribution < -0.4 is 4.74 Å². The Bertz CT molecular complexity index is 607. The van der Waals surface area contributed by atoms with Crippen molar-refractivity contribution in [1.82, 2.24) is 4.98 Å². The number of aromatic nitrogens is 1. The van der Waals surface area contributed by atoms with Gasteiger partial charge in [0.2, 0.25) is 0 Å². The van der Waals surface area contributed by atoms with Gasteiger partial charge < -0.3 is 4.74 Å². The Balaban J connectivity index is 1.89. The predicted octanol–water partition coefficient (Wildman–Crippen LogP) is 2.61. The molecule has 1 aromatic carbocycles. The molecule has 90 valence electrons. The number of fused-ring (bicyclic) bond motifs is 1. The standard InChI is InChI=1S/C15H13NO2/c1-18-12-6-11(8-16-9-12)15(17)14-7-10-4-2-3-5-13(10)14/h2-6,8-9,14H,7H2,1H3. The summed E-state index contributed by atoms with van der Waals surface area (Å²) in [6.07, 6.45) is 4.03. The van der Waals surface area contributed by atoms with Crippen LogP contribution in [0.4, 0.5) is 0 Å². The molecule has 0 N–H and O–H groups in total. The predicted molar refractivity (Wildman–Crippen MR) is 68.0 cm³/mol. The molecule has 1 atom stereocenters. The Morgan fingerprint density at radius 1 is 1.33 bits per heavy atom. The van der Waals surface area contributed by atoms with Gasteiger partial charge >= 0.3 is 0 Å². The Morgan fingerprint density at radius 3 is 2.94 bits per heavy atom. The molecule has 1 aromatic heterocycles. The molecule has 0 amide bonds. The van der Waals surface area contributed by atoms with Crippen molar-refractivity contribution in [3.8, 4) is 5.75 Å². The Labute approximate surface area is 105 Å². The lowest BCUT2D eigenvalue weighted by molar-refractivity contribution is 0.0948. The van der Waals surface area contributed by atoms with Gasteiger partial charge in [-0.1, -0.05) is 24.3 Å². The zero-order valence-corrected chi connectivity index (χ0v) is 10.1. The minimum absolute atomic E-state index is 0.0184. The van der Waals surface area contributed by atoms with Crippen LogP contribution in [0.3, 0.4) is 0 Å². The normalized spacial score (nSPS) is 16.6. The molecule has 0 saturated carbocycles. The van der Waals surface area contributed by atoms with Crippen LogP contribution in [0.5, 0.6) is 5.75 Å². The molecule has 3 rings (SSSR count). The Hall–Kier alpha value is -2.16. The molecule has 0 aliphatic heterocycles. The van der Waals surface area contributed by atoms with E-state index >= 15 is 0 Å². The molecule has 3 nitrogen and oxygen atoms in total. The van der Waals surface area contributed by atoms with Crippen LogP contribution in [-0.4, -0.2) is 17.9 Å². The number of ether oxygens (including phenoxy) is 1. The number of nitrogens with zero attached hydrogens (tertiary/aromatic N) is 1. The topological polar surface area (TPSA) is 39.2 Å². The van der Waals surface area contributed by atoms with E-state index in [1.165, 1.54) is 5.56 Å². The molecule has 0 fully saturated rings. The average molecular weight is 239 g/mol. The van der Waals surface area contributed by atoms with Crippen molar-refractivity contribution in [3.63, 3.8) is 0 Å². The molecule has 0 radical (unpaired) electrons. The maximum atomic E-state index is 12.4. The first-order valence-corrected chi connectivity index (χ1v) is 5.90. The van der Waals surface area contributed by atoms with E-state index in [1.54, 1.807) is 25.6 Å². The molecule has 2 aromatic rings. The van der Waals surface area contributed by atoms with Gasteiger partial charge in [-0.25, -0.2) is 0 Å². The van der Waals surface area contributed by atoms with Crippen molar-refractivity contribution >= 4 is 5.78 Å². The Morgan fingerprint density at radius 2 is 2.17 bits per heavy atom. The van der Waals surface area contributed by atoms with Crippen LogP contribution in [0, 0.1) is 0 Å². The number of Topliss-reactive ketones (excluding diaryl/α,β-unsaturated/α-hetero) is 1. The summed E-state index contributed by atoms with van der Waals surface area (Å²) >= 11 is 0. The summed E-state index contributed by atoms with van der Waals surface area (Å²) in [5.41, 5.74) is 3.03. The van der Waals surface area contributed by atoms with Crippen LogP contribution in [0.25, 0.3) is 0 Å². The highest BCUT2D eigenvalue weighted by molar-refractivity contribution is 6.02. The average Bonchev–Trinajstić information content (AvgIpc) is 2.40. The molecule has 1 unspecified atom stereocenters. The van der Waals surface area contributed by atoms with Crippen LogP contribution in [0.15, 0.2) is 42.7 Å². The second-order valence-electron chi connectivity index (χ2n) is 4.43. The van der Waals surface area contributed by atoms with Crippen LogP contribution in [0.1, 0.15) is 27.4 Å². The number of hydrogen-bond donors (Lipinski definition) is 0. The number of hydrogen-bond acceptors (Lipinski definition) is 3. The van der Waals surface area contributed by atoms with E-state index in [0.29, 0.717) is 11.3 Å². The summed E-state index contributed by atoms with van der Waals surface area (Å²) in [5.74, 6) is 0.726. The second kappa shape index (κ2) is 4.26. The van der Waals surface area contributed by atoms with E-state index in [-0.39, 0.29) is 11.7 Å². The summed E-state index contributed by atoms with van der Waals surface area (Å²) in [6, 6.07) is 9.82. The second-order valence-corrected chi connectivity index (χ2v) is 4.43. The highest BCUT2D eigenvalue weighted by Crippen LogP contribution is 2.37. The van der Waals surface area contributed by atoms with Crippen molar-refractivity contribution in [2.45, 2.75) is 12.3 Å². The van der Waals surface area contributed by atoms with Crippen molar-refractivity contribution in [1.29, 1.82) is 0 Å². The van der Waals surface area contributed by atoms with E-state index in [9.17, 15) is 4.79 Å². The number of carbonyl (C=O) groups excluding carboxylic acids is 1. The van der Waals surface area contributed by atoms with Crippen molar-refractivity contribution in [2.24, 2.45) is 0 Å². The lowest BCUT2D eigenvalue weighted by Gasteiger charge is -2.28. The quantitative estimate of drug-likeness (QED) is 0.773. The summed E-state index contributed by atoms with van der Waals surface area (Å²) in [7, 11) is 1.57. The third-order valence-electron chi connectivity index (χ3n) is 3.40. The highest BCUT2D eigenvalue weighted by Gasteiger charge is 2.32. The fraction of sp³-hybridized carbons (Fsp3) is 0.200.